The van der Waals surface area contributed by atoms with Gasteiger partial charge in [-0.3, -0.25) is 0 Å². The Morgan fingerprint density at radius 1 is 0.947 bits per heavy atom. The van der Waals surface area contributed by atoms with E-state index in [1.54, 1.807) is 11.3 Å². The molecule has 1 heterocycles. The van der Waals surface area contributed by atoms with E-state index in [4.69, 9.17) is 23.2 Å². The van der Waals surface area contributed by atoms with Gasteiger partial charge in [0.05, 0.1) is 22.8 Å². The van der Waals surface area contributed by atoms with Crippen LogP contribution in [0.4, 0.5) is 5.69 Å². The molecule has 0 spiro atoms. The number of alkyl halides is 1. The van der Waals surface area contributed by atoms with Crippen molar-refractivity contribution in [2.45, 2.75) is 48.4 Å². The smallest absolute Gasteiger partial charge is 0.262 e. The highest BCUT2D eigenvalue weighted by Crippen LogP contribution is 2.62. The molecular weight excluding hydrogens is 820 g/mol. The molecule has 5 unspecified atom stereocenters. The highest BCUT2D eigenvalue weighted by Gasteiger charge is 2.63. The van der Waals surface area contributed by atoms with Gasteiger partial charge in [-0.2, -0.15) is 4.57 Å². The predicted octanol–water partition coefficient (Wildman–Crippen LogP) is 10.9. The Bertz CT molecular complexity index is 2290. The first-order chi connectivity index (χ1) is 27.7. The lowest BCUT2D eigenvalue weighted by atomic mass is 9.75. The molecule has 4 aliphatic rings. The van der Waals surface area contributed by atoms with Gasteiger partial charge < -0.3 is 15.1 Å². The van der Waals surface area contributed by atoms with Crippen molar-refractivity contribution in [2.24, 2.45) is 11.8 Å². The number of aromatic nitrogens is 1. The van der Waals surface area contributed by atoms with E-state index in [1.165, 1.54) is 49.2 Å². The van der Waals surface area contributed by atoms with Crippen LogP contribution in [-0.4, -0.2) is 73.1 Å². The van der Waals surface area contributed by atoms with Crippen LogP contribution in [-0.2, 0) is 6.54 Å². The van der Waals surface area contributed by atoms with E-state index in [9.17, 15) is 0 Å². The van der Waals surface area contributed by atoms with Gasteiger partial charge in [0.1, 0.15) is 10.4 Å². The monoisotopic (exact) mass is 872 g/mol. The second-order valence-electron chi connectivity index (χ2n) is 15.9. The summed E-state index contributed by atoms with van der Waals surface area (Å²) >= 11 is 17.3. The zero-order valence-corrected chi connectivity index (χ0v) is 38.2. The van der Waals surface area contributed by atoms with E-state index in [2.05, 4.69) is 163 Å². The number of aryl methyl sites for hydroxylation is 1. The van der Waals surface area contributed by atoms with Gasteiger partial charge in [-0.15, -0.1) is 23.4 Å². The normalized spacial score (nSPS) is 24.3. The Kier molecular flexibility index (Phi) is 13.4. The van der Waals surface area contributed by atoms with Gasteiger partial charge in [0.15, 0.2) is 6.54 Å². The SMILES string of the molecule is CN(C)c1ccc(C=Cc2sc3cc(Cl)ccc3[n+]2CCSSCC[NH2+]C2=CCC(Cl)C3CC23SCC=CC2=CCC(N(C)C)C3=CC=CCC23)c2ccccc12. The summed E-state index contributed by atoms with van der Waals surface area (Å²) in [6.45, 7) is 2.04. The van der Waals surface area contributed by atoms with Gasteiger partial charge in [-0.1, -0.05) is 111 Å². The van der Waals surface area contributed by atoms with Gasteiger partial charge in [-0.05, 0) is 92.2 Å². The number of quaternary nitrogens is 1. The minimum absolute atomic E-state index is 0.201. The molecule has 1 fully saturated rings. The largest absolute Gasteiger partial charge is 0.377 e. The average molecular weight is 874 g/mol. The highest BCUT2D eigenvalue weighted by molar-refractivity contribution is 8.76. The van der Waals surface area contributed by atoms with Gasteiger partial charge in [0.2, 0.25) is 5.52 Å². The number of benzene rings is 3. The first-order valence-corrected chi connectivity index (χ1v) is 25.3. The molecule has 0 radical (unpaired) electrons. The number of nitrogens with zero attached hydrogens (tertiary/aromatic N) is 3. The van der Waals surface area contributed by atoms with Gasteiger partial charge in [-0.25, -0.2) is 0 Å². The number of rotatable bonds is 16. The van der Waals surface area contributed by atoms with E-state index in [1.807, 2.05) is 39.0 Å². The van der Waals surface area contributed by atoms with Crippen LogP contribution < -0.4 is 14.8 Å². The summed E-state index contributed by atoms with van der Waals surface area (Å²) in [6.07, 6.45) is 25.7. The molecule has 3 aromatic carbocycles. The molecule has 0 bridgehead atoms. The Morgan fingerprint density at radius 3 is 2.63 bits per heavy atom. The fourth-order valence-electron chi connectivity index (χ4n) is 8.97. The highest BCUT2D eigenvalue weighted by atomic mass is 35.5. The molecular formula is C47H54Cl2N4S4+2. The Hall–Kier alpha value is -2.40. The number of thioether (sulfide) groups is 1. The summed E-state index contributed by atoms with van der Waals surface area (Å²) in [6, 6.07) is 20.0. The van der Waals surface area contributed by atoms with Gasteiger partial charge in [0.25, 0.3) is 5.01 Å². The number of thiazole rings is 1. The third-order valence-corrected chi connectivity index (χ3v) is 17.8. The molecule has 5 atom stereocenters. The molecule has 8 rings (SSSR count). The first-order valence-electron chi connectivity index (χ1n) is 20.2. The molecule has 0 aliphatic heterocycles. The molecule has 4 aromatic rings. The maximum absolute atomic E-state index is 6.88. The summed E-state index contributed by atoms with van der Waals surface area (Å²) in [5.41, 5.74) is 8.32. The Labute approximate surface area is 365 Å². The van der Waals surface area contributed by atoms with Crippen molar-refractivity contribution in [3.05, 3.63) is 130 Å². The molecule has 0 amide bonds. The number of halogens is 2. The van der Waals surface area contributed by atoms with Gasteiger partial charge in [0, 0.05) is 71.3 Å². The number of nitrogens with two attached hydrogens (primary N) is 1. The lowest BCUT2D eigenvalue weighted by molar-refractivity contribution is -0.663. The fraction of sp³-hybridized carbons (Fsp3) is 0.383. The molecule has 4 nitrogen and oxygen atoms in total. The lowest BCUT2D eigenvalue weighted by Crippen LogP contribution is -2.85. The molecule has 1 aromatic heterocycles. The standard InChI is InChI=1S/C47H53Cl2N4S4/c1-51(2)41-20-15-32(35-11-5-7-13-37(35)41)10-9-27-54-47-31-39(47)40(49)19-23-45(47)50-25-28-55-56-29-26-53-43-22-18-34(48)30-44(43)57-46(53)24-17-33-16-21-42(52(3)4)38-14-8-6-12-36(33)38/h5-10,12-18,21-24,30,35,39-41,50H,11,19-20,25-29,31H2,1-4H3/q+1/p+1. The molecule has 2 N–H and O–H groups in total. The van der Waals surface area contributed by atoms with Crippen molar-refractivity contribution in [1.82, 2.24) is 4.90 Å². The zero-order valence-electron chi connectivity index (χ0n) is 33.4. The van der Waals surface area contributed by atoms with Crippen LogP contribution in [0.15, 0.2) is 114 Å². The Balaban J connectivity index is 0.845. The van der Waals surface area contributed by atoms with E-state index in [-0.39, 0.29) is 10.1 Å². The van der Waals surface area contributed by atoms with Crippen LogP contribution in [0.5, 0.6) is 0 Å². The topological polar surface area (TPSA) is 27.0 Å². The lowest BCUT2D eigenvalue weighted by Gasteiger charge is -2.37. The first kappa shape index (κ1) is 41.3. The Morgan fingerprint density at radius 2 is 1.79 bits per heavy atom. The van der Waals surface area contributed by atoms with E-state index < -0.39 is 0 Å². The third kappa shape index (κ3) is 9.05. The minimum atomic E-state index is 0.201. The third-order valence-electron chi connectivity index (χ3n) is 11.9. The summed E-state index contributed by atoms with van der Waals surface area (Å²) in [5, 5.41) is 7.36. The second kappa shape index (κ2) is 18.5. The van der Waals surface area contributed by atoms with E-state index >= 15 is 0 Å². The molecule has 57 heavy (non-hydrogen) atoms. The maximum Gasteiger partial charge on any atom is 0.262 e. The summed E-state index contributed by atoms with van der Waals surface area (Å²) in [5.74, 6) is 4.29. The molecule has 0 saturated heterocycles. The van der Waals surface area contributed by atoms with Crippen LogP contribution >= 0.6 is 67.9 Å². The van der Waals surface area contributed by atoms with E-state index in [0.29, 0.717) is 17.9 Å². The average Bonchev–Trinajstić information content (AvgIpc) is 3.88. The quantitative estimate of drug-likeness (QED) is 0.0524. The molecule has 298 valence electrons. The summed E-state index contributed by atoms with van der Waals surface area (Å²) in [4.78, 5) is 4.56. The predicted molar refractivity (Wildman–Crippen MR) is 256 cm³/mol. The number of allylic oxidation sites excluding steroid dienone is 6. The maximum atomic E-state index is 6.88. The van der Waals surface area contributed by atoms with Crippen LogP contribution in [0.2, 0.25) is 5.02 Å². The fourth-order valence-corrected chi connectivity index (χ4v) is 14.2. The summed E-state index contributed by atoms with van der Waals surface area (Å²) < 4.78 is 3.89. The van der Waals surface area contributed by atoms with Crippen LogP contribution in [0.3, 0.4) is 0 Å². The molecule has 1 saturated carbocycles. The van der Waals surface area contributed by atoms with Crippen molar-refractivity contribution in [2.75, 3.05) is 56.9 Å². The van der Waals surface area contributed by atoms with Crippen LogP contribution in [0.1, 0.15) is 36.3 Å². The number of hydrogen-bond donors (Lipinski definition) is 1. The number of likely N-dealkylation sites (N-methyl/N-ethyl adjacent to an activating group) is 1. The van der Waals surface area contributed by atoms with Crippen LogP contribution in [0, 0.1) is 11.8 Å². The molecule has 4 aliphatic carbocycles. The van der Waals surface area contributed by atoms with Crippen LogP contribution in [0.25, 0.3) is 33.1 Å². The van der Waals surface area contributed by atoms with Crippen molar-refractivity contribution < 1.29 is 9.88 Å². The van der Waals surface area contributed by atoms with Crippen molar-refractivity contribution in [1.29, 1.82) is 0 Å². The summed E-state index contributed by atoms with van der Waals surface area (Å²) in [7, 11) is 12.6. The van der Waals surface area contributed by atoms with Crippen molar-refractivity contribution in [3.63, 3.8) is 0 Å². The minimum Gasteiger partial charge on any atom is -0.377 e. The molecule has 10 heteroatoms. The zero-order chi connectivity index (χ0) is 39.5. The number of anilines is 1. The number of fused-ring (bicyclic) bond motifs is 4. The van der Waals surface area contributed by atoms with E-state index in [0.717, 1.165) is 54.6 Å². The van der Waals surface area contributed by atoms with Crippen molar-refractivity contribution >= 4 is 107 Å². The van der Waals surface area contributed by atoms with Crippen molar-refractivity contribution in [3.8, 4) is 0 Å². The second-order valence-corrected chi connectivity index (χ2v) is 22.0. The number of hydrogen-bond acceptors (Lipinski definition) is 6. The van der Waals surface area contributed by atoms with Gasteiger partial charge >= 0.3 is 0 Å².